The number of nitrogens with one attached hydrogen (secondary N) is 2. The van der Waals surface area contributed by atoms with Gasteiger partial charge >= 0.3 is 5.97 Å². The number of amides is 2. The molecule has 0 aromatic carbocycles. The van der Waals surface area contributed by atoms with Gasteiger partial charge in [-0.15, -0.1) is 11.3 Å². The number of rotatable bonds is 6. The second kappa shape index (κ2) is 7.64. The van der Waals surface area contributed by atoms with E-state index in [9.17, 15) is 14.4 Å². The highest BCUT2D eigenvalue weighted by atomic mass is 32.1. The Morgan fingerprint density at radius 2 is 1.95 bits per heavy atom. The molecule has 1 aromatic heterocycles. The topological polar surface area (TPSA) is 84.5 Å². The summed E-state index contributed by atoms with van der Waals surface area (Å²) in [6, 6.07) is 1.95. The molecule has 2 N–H and O–H groups in total. The van der Waals surface area contributed by atoms with E-state index >= 15 is 0 Å². The molecular weight excluding hydrogens is 280 g/mol. The van der Waals surface area contributed by atoms with Crippen molar-refractivity contribution in [2.75, 3.05) is 6.61 Å². The number of hydrogen-bond acceptors (Lipinski definition) is 5. The van der Waals surface area contributed by atoms with Gasteiger partial charge < -0.3 is 15.4 Å². The molecule has 0 bridgehead atoms. The van der Waals surface area contributed by atoms with Gasteiger partial charge in [0, 0.05) is 0 Å². The minimum atomic E-state index is -0.747. The van der Waals surface area contributed by atoms with Crippen LogP contribution in [0, 0.1) is 0 Å². The van der Waals surface area contributed by atoms with Gasteiger partial charge in [-0.1, -0.05) is 6.07 Å². The predicted molar refractivity (Wildman–Crippen MR) is 75.5 cm³/mol. The summed E-state index contributed by atoms with van der Waals surface area (Å²) < 4.78 is 4.78. The van der Waals surface area contributed by atoms with E-state index in [1.807, 2.05) is 0 Å². The van der Waals surface area contributed by atoms with Crippen molar-refractivity contribution >= 4 is 29.1 Å². The maximum absolute atomic E-state index is 11.8. The summed E-state index contributed by atoms with van der Waals surface area (Å²) in [6.07, 6.45) is 0. The molecule has 0 saturated heterocycles. The highest BCUT2D eigenvalue weighted by Gasteiger charge is 2.22. The third kappa shape index (κ3) is 4.65. The van der Waals surface area contributed by atoms with Crippen LogP contribution in [0.4, 0.5) is 0 Å². The third-order valence-electron chi connectivity index (χ3n) is 2.48. The normalized spacial score (nSPS) is 13.2. The maximum Gasteiger partial charge on any atom is 0.328 e. The molecular formula is C13H18N2O4S. The summed E-state index contributed by atoms with van der Waals surface area (Å²) in [7, 11) is 0. The largest absolute Gasteiger partial charge is 0.464 e. The van der Waals surface area contributed by atoms with E-state index < -0.39 is 24.0 Å². The Morgan fingerprint density at radius 1 is 1.25 bits per heavy atom. The zero-order valence-electron chi connectivity index (χ0n) is 11.6. The Hall–Kier alpha value is -1.89. The van der Waals surface area contributed by atoms with Crippen molar-refractivity contribution in [2.45, 2.75) is 32.9 Å². The zero-order chi connectivity index (χ0) is 15.1. The highest BCUT2D eigenvalue weighted by molar-refractivity contribution is 7.12. The van der Waals surface area contributed by atoms with Gasteiger partial charge in [-0.25, -0.2) is 4.79 Å². The molecule has 0 aliphatic rings. The lowest BCUT2D eigenvalue weighted by atomic mass is 10.2. The number of carbonyl (C=O) groups excluding carboxylic acids is 3. The SMILES string of the molecule is CCOC(=O)C(C)NC(=O)C(C)NC(=O)c1cccs1. The van der Waals surface area contributed by atoms with E-state index in [2.05, 4.69) is 10.6 Å². The summed E-state index contributed by atoms with van der Waals surface area (Å²) in [6.45, 7) is 5.03. The van der Waals surface area contributed by atoms with Crippen molar-refractivity contribution in [1.29, 1.82) is 0 Å². The summed E-state index contributed by atoms with van der Waals surface area (Å²) in [5.41, 5.74) is 0. The molecule has 2 amide bonds. The summed E-state index contributed by atoms with van der Waals surface area (Å²) in [5.74, 6) is -1.25. The fourth-order valence-corrected chi connectivity index (χ4v) is 2.03. The smallest absolute Gasteiger partial charge is 0.328 e. The van der Waals surface area contributed by atoms with Crippen LogP contribution in [0.2, 0.25) is 0 Å². The molecule has 0 fully saturated rings. The molecule has 0 radical (unpaired) electrons. The Labute approximate surface area is 121 Å². The molecule has 2 unspecified atom stereocenters. The van der Waals surface area contributed by atoms with Gasteiger partial charge in [-0.05, 0) is 32.2 Å². The molecule has 20 heavy (non-hydrogen) atoms. The van der Waals surface area contributed by atoms with E-state index in [1.165, 1.54) is 18.3 Å². The van der Waals surface area contributed by atoms with Gasteiger partial charge in [0.25, 0.3) is 5.91 Å². The standard InChI is InChI=1S/C13H18N2O4S/c1-4-19-13(18)9(3)15-11(16)8(2)14-12(17)10-6-5-7-20-10/h5-9H,4H2,1-3H3,(H,14,17)(H,15,16). The minimum Gasteiger partial charge on any atom is -0.464 e. The summed E-state index contributed by atoms with van der Waals surface area (Å²) >= 11 is 1.29. The predicted octanol–water partition coefficient (Wildman–Crippen LogP) is 0.934. The van der Waals surface area contributed by atoms with E-state index in [0.29, 0.717) is 4.88 Å². The molecule has 1 heterocycles. The molecule has 0 aliphatic carbocycles. The molecule has 0 spiro atoms. The molecule has 2 atom stereocenters. The van der Waals surface area contributed by atoms with Crippen LogP contribution in [0.15, 0.2) is 17.5 Å². The molecule has 1 rings (SSSR count). The molecule has 110 valence electrons. The van der Waals surface area contributed by atoms with Crippen molar-refractivity contribution in [3.63, 3.8) is 0 Å². The van der Waals surface area contributed by atoms with E-state index in [0.717, 1.165) is 0 Å². The Kier molecular flexibility index (Phi) is 6.17. The van der Waals surface area contributed by atoms with Gasteiger partial charge in [0.1, 0.15) is 12.1 Å². The van der Waals surface area contributed by atoms with Crippen LogP contribution in [-0.4, -0.2) is 36.5 Å². The number of carbonyl (C=O) groups is 3. The number of esters is 1. The number of hydrogen-bond donors (Lipinski definition) is 2. The quantitative estimate of drug-likeness (QED) is 0.765. The third-order valence-corrected chi connectivity index (χ3v) is 3.35. The maximum atomic E-state index is 11.8. The molecule has 0 saturated carbocycles. The molecule has 7 heteroatoms. The molecule has 6 nitrogen and oxygen atoms in total. The van der Waals surface area contributed by atoms with Crippen LogP contribution in [0.5, 0.6) is 0 Å². The van der Waals surface area contributed by atoms with E-state index in [-0.39, 0.29) is 12.5 Å². The van der Waals surface area contributed by atoms with Crippen molar-refractivity contribution in [3.05, 3.63) is 22.4 Å². The number of ether oxygens (including phenoxy) is 1. The highest BCUT2D eigenvalue weighted by Crippen LogP contribution is 2.08. The lowest BCUT2D eigenvalue weighted by Gasteiger charge is -2.17. The number of thiophene rings is 1. The lowest BCUT2D eigenvalue weighted by molar-refractivity contribution is -0.147. The van der Waals surface area contributed by atoms with E-state index in [1.54, 1.807) is 31.4 Å². The van der Waals surface area contributed by atoms with Gasteiger partial charge in [-0.3, -0.25) is 9.59 Å². The lowest BCUT2D eigenvalue weighted by Crippen LogP contribution is -2.49. The Balaban J connectivity index is 2.47. The van der Waals surface area contributed by atoms with Crippen molar-refractivity contribution in [3.8, 4) is 0 Å². The van der Waals surface area contributed by atoms with Gasteiger partial charge in [0.15, 0.2) is 0 Å². The van der Waals surface area contributed by atoms with Crippen molar-refractivity contribution in [1.82, 2.24) is 10.6 Å². The van der Waals surface area contributed by atoms with Crippen LogP contribution in [0.3, 0.4) is 0 Å². The first-order chi connectivity index (χ1) is 9.45. The van der Waals surface area contributed by atoms with Gasteiger partial charge in [0.05, 0.1) is 11.5 Å². The first-order valence-corrected chi connectivity index (χ1v) is 7.15. The Bertz CT molecular complexity index is 473. The molecule has 0 aliphatic heterocycles. The second-order valence-corrected chi connectivity index (χ2v) is 5.10. The van der Waals surface area contributed by atoms with Crippen LogP contribution in [-0.2, 0) is 14.3 Å². The fraction of sp³-hybridized carbons (Fsp3) is 0.462. The van der Waals surface area contributed by atoms with Crippen molar-refractivity contribution < 1.29 is 19.1 Å². The van der Waals surface area contributed by atoms with E-state index in [4.69, 9.17) is 4.74 Å². The summed E-state index contributed by atoms with van der Waals surface area (Å²) in [4.78, 5) is 35.5. The monoisotopic (exact) mass is 298 g/mol. The average molecular weight is 298 g/mol. The zero-order valence-corrected chi connectivity index (χ0v) is 12.5. The van der Waals surface area contributed by atoms with Crippen LogP contribution >= 0.6 is 11.3 Å². The second-order valence-electron chi connectivity index (χ2n) is 4.15. The van der Waals surface area contributed by atoms with Gasteiger partial charge in [-0.2, -0.15) is 0 Å². The Morgan fingerprint density at radius 3 is 2.50 bits per heavy atom. The van der Waals surface area contributed by atoms with Crippen LogP contribution in [0.25, 0.3) is 0 Å². The summed E-state index contributed by atoms with van der Waals surface area (Å²) in [5, 5.41) is 6.84. The first-order valence-electron chi connectivity index (χ1n) is 6.27. The minimum absolute atomic E-state index is 0.254. The fourth-order valence-electron chi connectivity index (χ4n) is 1.41. The van der Waals surface area contributed by atoms with Gasteiger partial charge in [0.2, 0.25) is 5.91 Å². The average Bonchev–Trinajstić information content (AvgIpc) is 2.92. The first kappa shape index (κ1) is 16.2. The molecule has 1 aromatic rings. The van der Waals surface area contributed by atoms with Crippen LogP contribution in [0.1, 0.15) is 30.4 Å². The van der Waals surface area contributed by atoms with Crippen molar-refractivity contribution in [2.24, 2.45) is 0 Å². The van der Waals surface area contributed by atoms with Crippen LogP contribution < -0.4 is 10.6 Å².